The monoisotopic (exact) mass is 249 g/mol. The van der Waals surface area contributed by atoms with Crippen LogP contribution in [0.5, 0.6) is 0 Å². The van der Waals surface area contributed by atoms with Crippen molar-refractivity contribution in [1.29, 1.82) is 0 Å². The molecule has 0 saturated carbocycles. The molecule has 1 atom stereocenters. The summed E-state index contributed by atoms with van der Waals surface area (Å²) in [6.07, 6.45) is 6.34. The van der Waals surface area contributed by atoms with Gasteiger partial charge < -0.3 is 9.67 Å². The van der Waals surface area contributed by atoms with Gasteiger partial charge in [-0.1, -0.05) is 40.5 Å². The lowest BCUT2D eigenvalue weighted by atomic mass is 9.75. The van der Waals surface area contributed by atoms with Crippen LogP contribution in [0.1, 0.15) is 64.3 Å². The lowest BCUT2D eigenvalue weighted by Crippen LogP contribution is -2.27. The Morgan fingerprint density at radius 2 is 2.06 bits per heavy atom. The fourth-order valence-electron chi connectivity index (χ4n) is 3.18. The number of hydrogen-bond acceptors (Lipinski definition) is 1. The minimum Gasteiger partial charge on any atom is -0.388 e. The van der Waals surface area contributed by atoms with E-state index in [1.165, 1.54) is 24.1 Å². The van der Waals surface area contributed by atoms with Crippen LogP contribution in [0.25, 0.3) is 0 Å². The van der Waals surface area contributed by atoms with Gasteiger partial charge in [0.2, 0.25) is 0 Å². The van der Waals surface area contributed by atoms with Gasteiger partial charge in [0.25, 0.3) is 0 Å². The molecule has 1 heterocycles. The molecule has 0 radical (unpaired) electrons. The van der Waals surface area contributed by atoms with E-state index < -0.39 is 0 Å². The molecule has 1 N–H and O–H groups in total. The molecule has 0 aromatic carbocycles. The summed E-state index contributed by atoms with van der Waals surface area (Å²) < 4.78 is 2.39. The number of hydrogen-bond donors (Lipinski definition) is 1. The standard InChI is InChI=1S/C16H27NO/c1-5-12(6-2)11-17-8-7-13-14(17)9-16(3,4)10-15(13)18/h7-8,12,15,18H,5-6,9-11H2,1-4H3. The van der Waals surface area contributed by atoms with Gasteiger partial charge in [0, 0.05) is 24.0 Å². The molecule has 1 aliphatic rings. The van der Waals surface area contributed by atoms with Gasteiger partial charge in [-0.15, -0.1) is 0 Å². The number of aliphatic hydroxyl groups excluding tert-OH is 1. The second kappa shape index (κ2) is 5.08. The molecule has 0 spiro atoms. The third-order valence-electron chi connectivity index (χ3n) is 4.47. The highest BCUT2D eigenvalue weighted by Gasteiger charge is 2.33. The molecule has 0 saturated heterocycles. The van der Waals surface area contributed by atoms with Gasteiger partial charge in [0.15, 0.2) is 0 Å². The van der Waals surface area contributed by atoms with Crippen LogP contribution in [0.3, 0.4) is 0 Å². The van der Waals surface area contributed by atoms with Crippen LogP contribution in [0.15, 0.2) is 12.3 Å². The second-order valence-corrected chi connectivity index (χ2v) is 6.61. The van der Waals surface area contributed by atoms with Gasteiger partial charge in [0.1, 0.15) is 0 Å². The molecule has 0 fully saturated rings. The Labute approximate surface area is 111 Å². The van der Waals surface area contributed by atoms with Crippen LogP contribution in [-0.2, 0) is 13.0 Å². The van der Waals surface area contributed by atoms with Crippen LogP contribution in [-0.4, -0.2) is 9.67 Å². The normalized spacial score (nSPS) is 22.2. The van der Waals surface area contributed by atoms with E-state index in [4.69, 9.17) is 0 Å². The Kier molecular flexibility index (Phi) is 3.86. The zero-order valence-corrected chi connectivity index (χ0v) is 12.2. The maximum atomic E-state index is 10.2. The summed E-state index contributed by atoms with van der Waals surface area (Å²) in [7, 11) is 0. The quantitative estimate of drug-likeness (QED) is 0.859. The van der Waals surface area contributed by atoms with Gasteiger partial charge in [-0.2, -0.15) is 0 Å². The Morgan fingerprint density at radius 3 is 2.67 bits per heavy atom. The summed E-state index contributed by atoms with van der Waals surface area (Å²) in [6, 6.07) is 2.12. The predicted octanol–water partition coefficient (Wildman–Crippen LogP) is 3.93. The molecule has 18 heavy (non-hydrogen) atoms. The molecule has 2 nitrogen and oxygen atoms in total. The molecule has 2 rings (SSSR count). The minimum absolute atomic E-state index is 0.219. The molecule has 1 aromatic heterocycles. The van der Waals surface area contributed by atoms with Gasteiger partial charge in [-0.05, 0) is 30.2 Å². The lowest BCUT2D eigenvalue weighted by molar-refractivity contribution is 0.0976. The maximum absolute atomic E-state index is 10.2. The summed E-state index contributed by atoms with van der Waals surface area (Å²) in [6.45, 7) is 10.2. The van der Waals surface area contributed by atoms with Crippen molar-refractivity contribution in [3.63, 3.8) is 0 Å². The van der Waals surface area contributed by atoms with Gasteiger partial charge in [0.05, 0.1) is 6.10 Å². The topological polar surface area (TPSA) is 25.2 Å². The van der Waals surface area contributed by atoms with Crippen LogP contribution >= 0.6 is 0 Å². The summed E-state index contributed by atoms with van der Waals surface area (Å²) in [5, 5.41) is 10.2. The van der Waals surface area contributed by atoms with E-state index in [0.29, 0.717) is 0 Å². The van der Waals surface area contributed by atoms with E-state index in [1.807, 2.05) is 0 Å². The Bertz CT molecular complexity index is 401. The van der Waals surface area contributed by atoms with E-state index in [1.54, 1.807) is 0 Å². The highest BCUT2D eigenvalue weighted by atomic mass is 16.3. The van der Waals surface area contributed by atoms with Crippen LogP contribution < -0.4 is 0 Å². The maximum Gasteiger partial charge on any atom is 0.0812 e. The molecule has 1 aromatic rings. The van der Waals surface area contributed by atoms with E-state index in [2.05, 4.69) is 44.5 Å². The van der Waals surface area contributed by atoms with Gasteiger partial charge in [-0.3, -0.25) is 0 Å². The predicted molar refractivity (Wildman–Crippen MR) is 75.6 cm³/mol. The lowest BCUT2D eigenvalue weighted by Gasteiger charge is -2.34. The van der Waals surface area contributed by atoms with Crippen molar-refractivity contribution < 1.29 is 5.11 Å². The zero-order chi connectivity index (χ0) is 13.3. The number of aromatic nitrogens is 1. The van der Waals surface area contributed by atoms with Crippen LogP contribution in [0, 0.1) is 11.3 Å². The van der Waals surface area contributed by atoms with Crippen LogP contribution in [0.2, 0.25) is 0 Å². The van der Waals surface area contributed by atoms with Crippen molar-refractivity contribution in [1.82, 2.24) is 4.57 Å². The van der Waals surface area contributed by atoms with Crippen molar-refractivity contribution >= 4 is 0 Å². The average Bonchev–Trinajstić information content (AvgIpc) is 2.67. The van der Waals surface area contributed by atoms with Crippen molar-refractivity contribution in [3.05, 3.63) is 23.5 Å². The SMILES string of the molecule is CCC(CC)Cn1ccc2c1CC(C)(C)CC2O. The third kappa shape index (κ3) is 2.64. The molecule has 2 heteroatoms. The third-order valence-corrected chi connectivity index (χ3v) is 4.47. The first-order valence-electron chi connectivity index (χ1n) is 7.32. The number of aliphatic hydroxyl groups is 1. The molecule has 1 unspecified atom stereocenters. The van der Waals surface area contributed by atoms with Crippen molar-refractivity contribution in [2.24, 2.45) is 11.3 Å². The fourth-order valence-corrected chi connectivity index (χ4v) is 3.18. The van der Waals surface area contributed by atoms with Crippen molar-refractivity contribution in [2.75, 3.05) is 0 Å². The second-order valence-electron chi connectivity index (χ2n) is 6.61. The highest BCUT2D eigenvalue weighted by molar-refractivity contribution is 5.29. The molecular formula is C16H27NO. The van der Waals surface area contributed by atoms with Crippen molar-refractivity contribution in [3.8, 4) is 0 Å². The summed E-state index contributed by atoms with van der Waals surface area (Å²) >= 11 is 0. The van der Waals surface area contributed by atoms with E-state index in [9.17, 15) is 5.11 Å². The average molecular weight is 249 g/mol. The zero-order valence-electron chi connectivity index (χ0n) is 12.2. The molecule has 1 aliphatic carbocycles. The van der Waals surface area contributed by atoms with Crippen LogP contribution in [0.4, 0.5) is 0 Å². The summed E-state index contributed by atoms with van der Waals surface area (Å²) in [5.41, 5.74) is 2.75. The molecule has 0 aliphatic heterocycles. The molecule has 102 valence electrons. The van der Waals surface area contributed by atoms with Crippen molar-refractivity contribution in [2.45, 2.75) is 66.0 Å². The van der Waals surface area contributed by atoms with Gasteiger partial charge >= 0.3 is 0 Å². The van der Waals surface area contributed by atoms with E-state index in [-0.39, 0.29) is 11.5 Å². The summed E-state index contributed by atoms with van der Waals surface area (Å²) in [5.74, 6) is 0.753. The first kappa shape index (κ1) is 13.7. The smallest absolute Gasteiger partial charge is 0.0812 e. The Balaban J connectivity index is 2.25. The first-order chi connectivity index (χ1) is 8.46. The van der Waals surface area contributed by atoms with E-state index >= 15 is 0 Å². The summed E-state index contributed by atoms with van der Waals surface area (Å²) in [4.78, 5) is 0. The molecule has 0 bridgehead atoms. The number of fused-ring (bicyclic) bond motifs is 1. The fraction of sp³-hybridized carbons (Fsp3) is 0.750. The first-order valence-corrected chi connectivity index (χ1v) is 7.32. The molecule has 0 amide bonds. The largest absolute Gasteiger partial charge is 0.388 e. The Hall–Kier alpha value is -0.760. The highest BCUT2D eigenvalue weighted by Crippen LogP contribution is 2.41. The van der Waals surface area contributed by atoms with Gasteiger partial charge in [-0.25, -0.2) is 0 Å². The Morgan fingerprint density at radius 1 is 1.39 bits per heavy atom. The van der Waals surface area contributed by atoms with E-state index in [0.717, 1.165) is 25.3 Å². The minimum atomic E-state index is -0.272. The number of nitrogens with zero attached hydrogens (tertiary/aromatic N) is 1. The molecular weight excluding hydrogens is 222 g/mol. The number of rotatable bonds is 4.